The van der Waals surface area contributed by atoms with Crippen molar-refractivity contribution in [3.8, 4) is 5.75 Å². The van der Waals surface area contributed by atoms with Crippen molar-refractivity contribution >= 4 is 0 Å². The van der Waals surface area contributed by atoms with Crippen LogP contribution >= 0.6 is 0 Å². The van der Waals surface area contributed by atoms with Gasteiger partial charge in [0, 0.05) is 19.1 Å². The molecule has 1 aliphatic rings. The molecule has 3 N–H and O–H groups in total. The molecule has 1 aromatic carbocycles. The van der Waals surface area contributed by atoms with Crippen molar-refractivity contribution in [1.29, 1.82) is 0 Å². The van der Waals surface area contributed by atoms with Gasteiger partial charge in [-0.2, -0.15) is 0 Å². The number of ether oxygens (including phenoxy) is 1. The third-order valence-corrected chi connectivity index (χ3v) is 3.05. The fourth-order valence-electron chi connectivity index (χ4n) is 2.16. The van der Waals surface area contributed by atoms with Crippen molar-refractivity contribution in [1.82, 2.24) is 0 Å². The lowest BCUT2D eigenvalue weighted by Gasteiger charge is -2.22. The molecule has 0 saturated carbocycles. The molecule has 88 valence electrons. The van der Waals surface area contributed by atoms with E-state index < -0.39 is 0 Å². The molecule has 2 rings (SSSR count). The Balaban J connectivity index is 2.08. The molecule has 0 fully saturated rings. The normalized spacial score (nSPS) is 19.2. The molecule has 1 aromatic rings. The van der Waals surface area contributed by atoms with E-state index in [0.29, 0.717) is 13.0 Å². The van der Waals surface area contributed by atoms with Crippen molar-refractivity contribution in [2.75, 3.05) is 13.2 Å². The van der Waals surface area contributed by atoms with Gasteiger partial charge >= 0.3 is 0 Å². The average molecular weight is 221 g/mol. The molecule has 0 saturated heterocycles. The highest BCUT2D eigenvalue weighted by Crippen LogP contribution is 2.30. The first-order chi connectivity index (χ1) is 7.81. The number of benzene rings is 1. The van der Waals surface area contributed by atoms with Gasteiger partial charge in [-0.1, -0.05) is 6.07 Å². The average Bonchev–Trinajstić information content (AvgIpc) is 2.30. The van der Waals surface area contributed by atoms with Crippen LogP contribution in [-0.2, 0) is 6.42 Å². The first kappa shape index (κ1) is 11.4. The summed E-state index contributed by atoms with van der Waals surface area (Å²) in [5.74, 6) is 0.865. The molecule has 0 amide bonds. The first-order valence-electron chi connectivity index (χ1n) is 5.93. The largest absolute Gasteiger partial charge is 0.493 e. The van der Waals surface area contributed by atoms with Crippen molar-refractivity contribution in [2.24, 2.45) is 5.73 Å². The van der Waals surface area contributed by atoms with E-state index in [4.69, 9.17) is 15.6 Å². The second-order valence-corrected chi connectivity index (χ2v) is 4.28. The summed E-state index contributed by atoms with van der Waals surface area (Å²) in [5, 5.41) is 8.68. The van der Waals surface area contributed by atoms with Crippen LogP contribution < -0.4 is 10.5 Å². The third-order valence-electron chi connectivity index (χ3n) is 3.05. The number of nitrogens with two attached hydrogens (primary N) is 1. The Morgan fingerprint density at radius 3 is 3.12 bits per heavy atom. The lowest BCUT2D eigenvalue weighted by molar-refractivity contribution is 0.233. The highest BCUT2D eigenvalue weighted by atomic mass is 16.5. The SMILES string of the molecule is N[C@@H]1CCCc2ccc(OCCCO)cc21. The van der Waals surface area contributed by atoms with E-state index in [2.05, 4.69) is 12.1 Å². The van der Waals surface area contributed by atoms with E-state index in [1.54, 1.807) is 0 Å². The Bertz CT molecular complexity index is 352. The number of rotatable bonds is 4. The predicted octanol–water partition coefficient (Wildman–Crippen LogP) is 1.78. The minimum atomic E-state index is 0.158. The molecule has 0 aliphatic heterocycles. The number of hydrogen-bond acceptors (Lipinski definition) is 3. The fourth-order valence-corrected chi connectivity index (χ4v) is 2.16. The Labute approximate surface area is 96.2 Å². The van der Waals surface area contributed by atoms with Gasteiger partial charge in [-0.25, -0.2) is 0 Å². The van der Waals surface area contributed by atoms with Crippen LogP contribution in [0.2, 0.25) is 0 Å². The van der Waals surface area contributed by atoms with E-state index >= 15 is 0 Å². The Hall–Kier alpha value is -1.06. The van der Waals surface area contributed by atoms with Crippen molar-refractivity contribution in [3.63, 3.8) is 0 Å². The predicted molar refractivity (Wildman–Crippen MR) is 63.5 cm³/mol. The molecule has 0 bridgehead atoms. The van der Waals surface area contributed by atoms with Crippen LogP contribution in [0.3, 0.4) is 0 Å². The number of aryl methyl sites for hydroxylation is 1. The van der Waals surface area contributed by atoms with E-state index in [1.165, 1.54) is 17.5 Å². The smallest absolute Gasteiger partial charge is 0.119 e. The zero-order chi connectivity index (χ0) is 11.4. The number of aliphatic hydroxyl groups excluding tert-OH is 1. The minimum Gasteiger partial charge on any atom is -0.493 e. The minimum absolute atomic E-state index is 0.158. The number of hydrogen-bond donors (Lipinski definition) is 2. The molecular weight excluding hydrogens is 202 g/mol. The second kappa shape index (κ2) is 5.32. The lowest BCUT2D eigenvalue weighted by Crippen LogP contribution is -2.17. The topological polar surface area (TPSA) is 55.5 Å². The zero-order valence-electron chi connectivity index (χ0n) is 9.48. The van der Waals surface area contributed by atoms with Crippen molar-refractivity contribution in [3.05, 3.63) is 29.3 Å². The van der Waals surface area contributed by atoms with Gasteiger partial charge in [0.1, 0.15) is 5.75 Å². The standard InChI is InChI=1S/C13H19NO2/c14-13-4-1-3-10-5-6-11(9-12(10)13)16-8-2-7-15/h5-6,9,13,15H,1-4,7-8,14H2/t13-/m1/s1. The van der Waals surface area contributed by atoms with Gasteiger partial charge in [0.15, 0.2) is 0 Å². The van der Waals surface area contributed by atoms with Crippen LogP contribution in [-0.4, -0.2) is 18.3 Å². The summed E-state index contributed by atoms with van der Waals surface area (Å²) in [5.41, 5.74) is 8.66. The van der Waals surface area contributed by atoms with Gasteiger partial charge in [0.25, 0.3) is 0 Å². The maximum atomic E-state index is 8.68. The summed E-state index contributed by atoms with van der Waals surface area (Å²) in [6, 6.07) is 6.32. The van der Waals surface area contributed by atoms with Crippen molar-refractivity contribution < 1.29 is 9.84 Å². The maximum absolute atomic E-state index is 8.68. The number of aliphatic hydroxyl groups is 1. The fraction of sp³-hybridized carbons (Fsp3) is 0.538. The van der Waals surface area contributed by atoms with Crippen LogP contribution in [0.5, 0.6) is 5.75 Å². The Morgan fingerprint density at radius 1 is 1.44 bits per heavy atom. The summed E-state index contributed by atoms with van der Waals surface area (Å²) in [6.07, 6.45) is 4.04. The van der Waals surface area contributed by atoms with E-state index in [9.17, 15) is 0 Å². The van der Waals surface area contributed by atoms with Gasteiger partial charge < -0.3 is 15.6 Å². The quantitative estimate of drug-likeness (QED) is 0.762. The summed E-state index contributed by atoms with van der Waals surface area (Å²) >= 11 is 0. The molecule has 0 unspecified atom stereocenters. The molecule has 0 heterocycles. The molecule has 3 heteroatoms. The van der Waals surface area contributed by atoms with Gasteiger partial charge in [0.05, 0.1) is 6.61 Å². The summed E-state index contributed by atoms with van der Waals surface area (Å²) < 4.78 is 5.55. The molecule has 0 aromatic heterocycles. The van der Waals surface area contributed by atoms with Crippen LogP contribution in [0.1, 0.15) is 36.4 Å². The van der Waals surface area contributed by atoms with E-state index in [0.717, 1.165) is 18.6 Å². The van der Waals surface area contributed by atoms with Gasteiger partial charge in [-0.3, -0.25) is 0 Å². The van der Waals surface area contributed by atoms with Crippen LogP contribution in [0.4, 0.5) is 0 Å². The third kappa shape index (κ3) is 2.54. The van der Waals surface area contributed by atoms with Crippen molar-refractivity contribution in [2.45, 2.75) is 31.7 Å². The van der Waals surface area contributed by atoms with E-state index in [-0.39, 0.29) is 12.6 Å². The molecule has 1 atom stereocenters. The van der Waals surface area contributed by atoms with Crippen LogP contribution in [0, 0.1) is 0 Å². The monoisotopic (exact) mass is 221 g/mol. The van der Waals surface area contributed by atoms with E-state index in [1.807, 2.05) is 6.07 Å². The molecule has 0 spiro atoms. The molecule has 0 radical (unpaired) electrons. The number of fused-ring (bicyclic) bond motifs is 1. The second-order valence-electron chi connectivity index (χ2n) is 4.28. The summed E-state index contributed by atoms with van der Waals surface area (Å²) in [4.78, 5) is 0. The zero-order valence-corrected chi connectivity index (χ0v) is 9.48. The van der Waals surface area contributed by atoms with Gasteiger partial charge in [-0.15, -0.1) is 0 Å². The Morgan fingerprint density at radius 2 is 2.31 bits per heavy atom. The summed E-state index contributed by atoms with van der Waals surface area (Å²) in [7, 11) is 0. The van der Waals surface area contributed by atoms with Gasteiger partial charge in [-0.05, 0) is 42.5 Å². The molecular formula is C13H19NO2. The van der Waals surface area contributed by atoms with Gasteiger partial charge in [0.2, 0.25) is 0 Å². The molecule has 16 heavy (non-hydrogen) atoms. The lowest BCUT2D eigenvalue weighted by atomic mass is 9.88. The first-order valence-corrected chi connectivity index (χ1v) is 5.93. The molecule has 3 nitrogen and oxygen atoms in total. The Kier molecular flexibility index (Phi) is 3.80. The summed E-state index contributed by atoms with van der Waals surface area (Å²) in [6.45, 7) is 0.731. The highest BCUT2D eigenvalue weighted by molar-refractivity contribution is 5.39. The van der Waals surface area contributed by atoms with Crippen LogP contribution in [0.15, 0.2) is 18.2 Å². The highest BCUT2D eigenvalue weighted by Gasteiger charge is 2.16. The molecule has 1 aliphatic carbocycles. The maximum Gasteiger partial charge on any atom is 0.119 e. The van der Waals surface area contributed by atoms with Crippen LogP contribution in [0.25, 0.3) is 0 Å².